The zero-order valence-electron chi connectivity index (χ0n) is 15.0. The molecular weight excluding hydrogens is 330 g/mol. The van der Waals surface area contributed by atoms with Crippen molar-refractivity contribution in [3.8, 4) is 0 Å². The SMILES string of the molecule is Cc1c(C(=O)NCCCc2nnc3n2CCCCC3)cnc2ccnn12. The summed E-state index contributed by atoms with van der Waals surface area (Å²) in [5.41, 5.74) is 2.09. The molecule has 3 aromatic heterocycles. The van der Waals surface area contributed by atoms with Gasteiger partial charge in [-0.3, -0.25) is 4.79 Å². The maximum atomic E-state index is 12.4. The molecule has 0 unspecified atom stereocenters. The van der Waals surface area contributed by atoms with E-state index in [0.717, 1.165) is 48.8 Å². The minimum Gasteiger partial charge on any atom is -0.352 e. The van der Waals surface area contributed by atoms with Crippen LogP contribution in [0.4, 0.5) is 0 Å². The summed E-state index contributed by atoms with van der Waals surface area (Å²) in [6.45, 7) is 3.48. The average molecular weight is 353 g/mol. The standard InChI is InChI=1S/C18H23N7O/c1-13-14(12-20-15-8-10-21-25(13)15)18(26)19-9-5-7-17-23-22-16-6-3-2-4-11-24(16)17/h8,10,12H,2-7,9,11H2,1H3,(H,19,26). The molecule has 8 heteroatoms. The van der Waals surface area contributed by atoms with Gasteiger partial charge in [-0.2, -0.15) is 5.10 Å². The highest BCUT2D eigenvalue weighted by Gasteiger charge is 2.15. The van der Waals surface area contributed by atoms with E-state index in [1.807, 2.05) is 13.0 Å². The number of carbonyl (C=O) groups excluding carboxylic acids is 1. The molecule has 26 heavy (non-hydrogen) atoms. The van der Waals surface area contributed by atoms with Crippen LogP contribution in [0.2, 0.25) is 0 Å². The van der Waals surface area contributed by atoms with Crippen molar-refractivity contribution in [3.05, 3.63) is 41.4 Å². The summed E-state index contributed by atoms with van der Waals surface area (Å²) in [5.74, 6) is 2.02. The van der Waals surface area contributed by atoms with Crippen LogP contribution in [-0.4, -0.2) is 41.8 Å². The minimum atomic E-state index is -0.118. The van der Waals surface area contributed by atoms with Crippen LogP contribution in [0.1, 0.15) is 53.4 Å². The molecule has 3 aromatic rings. The van der Waals surface area contributed by atoms with Gasteiger partial charge in [0.2, 0.25) is 0 Å². The summed E-state index contributed by atoms with van der Waals surface area (Å²) in [7, 11) is 0. The van der Waals surface area contributed by atoms with Gasteiger partial charge in [0.25, 0.3) is 5.91 Å². The van der Waals surface area contributed by atoms with Crippen LogP contribution in [0, 0.1) is 6.92 Å². The van der Waals surface area contributed by atoms with Gasteiger partial charge in [0.1, 0.15) is 11.6 Å². The summed E-state index contributed by atoms with van der Waals surface area (Å²) in [6, 6.07) is 1.82. The summed E-state index contributed by atoms with van der Waals surface area (Å²) < 4.78 is 3.94. The number of amides is 1. The van der Waals surface area contributed by atoms with Crippen LogP contribution >= 0.6 is 0 Å². The number of nitrogens with zero attached hydrogens (tertiary/aromatic N) is 6. The molecule has 1 N–H and O–H groups in total. The molecular formula is C18H23N7O. The van der Waals surface area contributed by atoms with E-state index in [0.29, 0.717) is 12.1 Å². The lowest BCUT2D eigenvalue weighted by Gasteiger charge is -2.09. The first kappa shape index (κ1) is 16.7. The van der Waals surface area contributed by atoms with Crippen molar-refractivity contribution < 1.29 is 4.79 Å². The van der Waals surface area contributed by atoms with E-state index >= 15 is 0 Å². The Morgan fingerprint density at radius 2 is 2.19 bits per heavy atom. The number of aryl methyl sites for hydroxylation is 3. The van der Waals surface area contributed by atoms with Gasteiger partial charge in [0.05, 0.1) is 17.5 Å². The van der Waals surface area contributed by atoms with Crippen molar-refractivity contribution in [2.24, 2.45) is 0 Å². The molecule has 0 aliphatic carbocycles. The fourth-order valence-electron chi connectivity index (χ4n) is 3.49. The molecule has 0 bridgehead atoms. The van der Waals surface area contributed by atoms with Crippen LogP contribution < -0.4 is 5.32 Å². The Balaban J connectivity index is 1.34. The molecule has 8 nitrogen and oxygen atoms in total. The van der Waals surface area contributed by atoms with Crippen molar-refractivity contribution in [2.45, 2.75) is 52.0 Å². The lowest BCUT2D eigenvalue weighted by atomic mass is 10.2. The Hall–Kier alpha value is -2.77. The predicted octanol–water partition coefficient (Wildman–Crippen LogP) is 1.72. The van der Waals surface area contributed by atoms with Gasteiger partial charge >= 0.3 is 0 Å². The zero-order valence-corrected chi connectivity index (χ0v) is 15.0. The zero-order chi connectivity index (χ0) is 17.9. The summed E-state index contributed by atoms with van der Waals surface area (Å²) in [5, 5.41) is 15.8. The molecule has 0 aromatic carbocycles. The number of nitrogens with one attached hydrogen (secondary N) is 1. The first-order chi connectivity index (χ1) is 12.7. The fraction of sp³-hybridized carbons (Fsp3) is 0.500. The van der Waals surface area contributed by atoms with E-state index in [2.05, 4.69) is 30.2 Å². The Kier molecular flexibility index (Phi) is 4.64. The van der Waals surface area contributed by atoms with Crippen LogP contribution in [-0.2, 0) is 19.4 Å². The van der Waals surface area contributed by atoms with Crippen LogP contribution in [0.25, 0.3) is 5.65 Å². The minimum absolute atomic E-state index is 0.118. The molecule has 1 aliphatic heterocycles. The molecule has 0 saturated heterocycles. The highest BCUT2D eigenvalue weighted by atomic mass is 16.1. The van der Waals surface area contributed by atoms with Gasteiger partial charge in [-0.25, -0.2) is 9.50 Å². The second kappa shape index (κ2) is 7.23. The molecule has 4 rings (SSSR count). The van der Waals surface area contributed by atoms with Crippen molar-refractivity contribution >= 4 is 11.6 Å². The Bertz CT molecular complexity index is 927. The van der Waals surface area contributed by atoms with Gasteiger partial charge in [0, 0.05) is 38.2 Å². The van der Waals surface area contributed by atoms with E-state index in [1.165, 1.54) is 19.3 Å². The largest absolute Gasteiger partial charge is 0.352 e. The maximum absolute atomic E-state index is 12.4. The maximum Gasteiger partial charge on any atom is 0.254 e. The third kappa shape index (κ3) is 3.18. The summed E-state index contributed by atoms with van der Waals surface area (Å²) in [6.07, 6.45) is 9.61. The quantitative estimate of drug-likeness (QED) is 0.705. The lowest BCUT2D eigenvalue weighted by molar-refractivity contribution is 0.0951. The first-order valence-corrected chi connectivity index (χ1v) is 9.22. The van der Waals surface area contributed by atoms with Gasteiger partial charge in [-0.1, -0.05) is 6.42 Å². The van der Waals surface area contributed by atoms with E-state index in [-0.39, 0.29) is 5.91 Å². The van der Waals surface area contributed by atoms with Crippen LogP contribution in [0.5, 0.6) is 0 Å². The van der Waals surface area contributed by atoms with Gasteiger partial charge in [-0.05, 0) is 26.2 Å². The molecule has 1 aliphatic rings. The second-order valence-corrected chi connectivity index (χ2v) is 6.71. The van der Waals surface area contributed by atoms with E-state index in [4.69, 9.17) is 0 Å². The number of carbonyl (C=O) groups is 1. The smallest absolute Gasteiger partial charge is 0.254 e. The van der Waals surface area contributed by atoms with Crippen molar-refractivity contribution in [1.29, 1.82) is 0 Å². The van der Waals surface area contributed by atoms with E-state index in [1.54, 1.807) is 16.9 Å². The molecule has 136 valence electrons. The Labute approximate surface area is 151 Å². The number of hydrogen-bond donors (Lipinski definition) is 1. The molecule has 1 amide bonds. The first-order valence-electron chi connectivity index (χ1n) is 9.22. The number of aromatic nitrogens is 6. The monoisotopic (exact) mass is 353 g/mol. The van der Waals surface area contributed by atoms with Gasteiger partial charge in [-0.15, -0.1) is 10.2 Å². The number of fused-ring (bicyclic) bond motifs is 2. The highest BCUT2D eigenvalue weighted by molar-refractivity contribution is 5.95. The van der Waals surface area contributed by atoms with Crippen molar-refractivity contribution in [1.82, 2.24) is 34.7 Å². The van der Waals surface area contributed by atoms with Crippen LogP contribution in [0.3, 0.4) is 0 Å². The number of hydrogen-bond acceptors (Lipinski definition) is 5. The molecule has 0 fully saturated rings. The highest BCUT2D eigenvalue weighted by Crippen LogP contribution is 2.15. The third-order valence-corrected chi connectivity index (χ3v) is 4.95. The van der Waals surface area contributed by atoms with Crippen molar-refractivity contribution in [3.63, 3.8) is 0 Å². The Morgan fingerprint density at radius 1 is 1.27 bits per heavy atom. The average Bonchev–Trinajstić information content (AvgIpc) is 3.20. The summed E-state index contributed by atoms with van der Waals surface area (Å²) in [4.78, 5) is 16.7. The van der Waals surface area contributed by atoms with Gasteiger partial charge in [0.15, 0.2) is 5.65 Å². The van der Waals surface area contributed by atoms with Gasteiger partial charge < -0.3 is 9.88 Å². The predicted molar refractivity (Wildman–Crippen MR) is 96.0 cm³/mol. The molecule has 0 saturated carbocycles. The normalized spacial score (nSPS) is 14.2. The summed E-state index contributed by atoms with van der Waals surface area (Å²) >= 11 is 0. The van der Waals surface area contributed by atoms with E-state index in [9.17, 15) is 4.79 Å². The second-order valence-electron chi connectivity index (χ2n) is 6.71. The molecule has 0 atom stereocenters. The fourth-order valence-corrected chi connectivity index (χ4v) is 3.49. The molecule has 0 radical (unpaired) electrons. The molecule has 0 spiro atoms. The third-order valence-electron chi connectivity index (χ3n) is 4.95. The molecule has 4 heterocycles. The van der Waals surface area contributed by atoms with E-state index < -0.39 is 0 Å². The van der Waals surface area contributed by atoms with Crippen molar-refractivity contribution in [2.75, 3.05) is 6.54 Å². The lowest BCUT2D eigenvalue weighted by Crippen LogP contribution is -2.26. The Morgan fingerprint density at radius 3 is 3.12 bits per heavy atom. The topological polar surface area (TPSA) is 90.0 Å². The van der Waals surface area contributed by atoms with Crippen LogP contribution in [0.15, 0.2) is 18.5 Å². The number of rotatable bonds is 5.